The van der Waals surface area contributed by atoms with Crippen LogP contribution in [-0.2, 0) is 6.42 Å². The van der Waals surface area contributed by atoms with Gasteiger partial charge in [-0.1, -0.05) is 0 Å². The fourth-order valence-electron chi connectivity index (χ4n) is 3.78. The first-order valence-corrected chi connectivity index (χ1v) is 10.1. The highest BCUT2D eigenvalue weighted by molar-refractivity contribution is 5.96. The Kier molecular flexibility index (Phi) is 5.03. The summed E-state index contributed by atoms with van der Waals surface area (Å²) in [5, 5.41) is 5.23. The van der Waals surface area contributed by atoms with Gasteiger partial charge in [-0.2, -0.15) is 0 Å². The van der Waals surface area contributed by atoms with Crippen LogP contribution in [0.25, 0.3) is 22.0 Å². The minimum absolute atomic E-state index is 0.0904. The number of carbonyl (C=O) groups is 1. The number of nitrogens with zero attached hydrogens (tertiary/aromatic N) is 4. The SMILES string of the molecule is O=C(Cc1cc2cc(-c3cccnc3)ncc2cn1)c1coc(C2CCNCC2)n1. The molecule has 30 heavy (non-hydrogen) atoms. The molecule has 7 nitrogen and oxygen atoms in total. The van der Waals surface area contributed by atoms with Crippen LogP contribution in [-0.4, -0.2) is 38.8 Å². The Balaban J connectivity index is 1.36. The zero-order chi connectivity index (χ0) is 20.3. The normalized spacial score (nSPS) is 14.8. The van der Waals surface area contributed by atoms with Crippen LogP contribution in [0.3, 0.4) is 0 Å². The molecular weight excluding hydrogens is 378 g/mol. The third kappa shape index (κ3) is 3.84. The molecule has 4 aromatic heterocycles. The molecule has 0 atom stereocenters. The number of piperidine rings is 1. The molecule has 1 aliphatic rings. The van der Waals surface area contributed by atoms with E-state index in [-0.39, 0.29) is 18.1 Å². The minimum Gasteiger partial charge on any atom is -0.448 e. The first kappa shape index (κ1) is 18.6. The van der Waals surface area contributed by atoms with Gasteiger partial charge in [-0.25, -0.2) is 4.98 Å². The number of oxazole rings is 1. The number of pyridine rings is 3. The van der Waals surface area contributed by atoms with Crippen LogP contribution >= 0.6 is 0 Å². The lowest BCUT2D eigenvalue weighted by Crippen LogP contribution is -2.26. The van der Waals surface area contributed by atoms with Gasteiger partial charge in [0.1, 0.15) is 12.0 Å². The van der Waals surface area contributed by atoms with Crippen LogP contribution in [0.15, 0.2) is 59.7 Å². The summed E-state index contributed by atoms with van der Waals surface area (Å²) in [5.41, 5.74) is 2.85. The lowest BCUT2D eigenvalue weighted by atomic mass is 9.98. The van der Waals surface area contributed by atoms with Crippen molar-refractivity contribution in [1.82, 2.24) is 25.3 Å². The van der Waals surface area contributed by atoms with Crippen LogP contribution in [0.2, 0.25) is 0 Å². The lowest BCUT2D eigenvalue weighted by molar-refractivity contribution is 0.0987. The smallest absolute Gasteiger partial charge is 0.197 e. The van der Waals surface area contributed by atoms with E-state index in [0.29, 0.717) is 17.3 Å². The summed E-state index contributed by atoms with van der Waals surface area (Å²) < 4.78 is 5.60. The van der Waals surface area contributed by atoms with E-state index in [1.807, 2.05) is 24.3 Å². The Bertz CT molecular complexity index is 1180. The van der Waals surface area contributed by atoms with Gasteiger partial charge in [0.2, 0.25) is 0 Å². The largest absolute Gasteiger partial charge is 0.448 e. The molecule has 7 heteroatoms. The maximum atomic E-state index is 12.7. The number of ketones is 1. The molecule has 0 aliphatic carbocycles. The molecule has 0 radical (unpaired) electrons. The number of aromatic nitrogens is 4. The number of hydrogen-bond donors (Lipinski definition) is 1. The number of carbonyl (C=O) groups excluding carboxylic acids is 1. The van der Waals surface area contributed by atoms with Crippen molar-refractivity contribution in [2.24, 2.45) is 0 Å². The summed E-state index contributed by atoms with van der Waals surface area (Å²) >= 11 is 0. The van der Waals surface area contributed by atoms with Crippen LogP contribution in [0.4, 0.5) is 0 Å². The Labute approximate surface area is 173 Å². The molecule has 150 valence electrons. The van der Waals surface area contributed by atoms with Gasteiger partial charge in [-0.05, 0) is 55.6 Å². The molecule has 1 saturated heterocycles. The van der Waals surface area contributed by atoms with Crippen LogP contribution in [0, 0.1) is 0 Å². The summed E-state index contributed by atoms with van der Waals surface area (Å²) in [4.78, 5) is 30.3. The van der Waals surface area contributed by atoms with Crippen molar-refractivity contribution in [2.45, 2.75) is 25.2 Å². The second kappa shape index (κ2) is 8.12. The molecule has 0 amide bonds. The molecule has 5 rings (SSSR count). The molecule has 1 N–H and O–H groups in total. The summed E-state index contributed by atoms with van der Waals surface area (Å²) in [7, 11) is 0. The second-order valence-corrected chi connectivity index (χ2v) is 7.53. The first-order chi connectivity index (χ1) is 14.8. The maximum Gasteiger partial charge on any atom is 0.197 e. The van der Waals surface area contributed by atoms with Crippen molar-refractivity contribution in [1.29, 1.82) is 0 Å². The number of Topliss-reactive ketones (excluding diaryl/α,β-unsaturated/α-hetero) is 1. The molecule has 4 aromatic rings. The molecule has 0 saturated carbocycles. The van der Waals surface area contributed by atoms with Crippen molar-refractivity contribution in [2.75, 3.05) is 13.1 Å². The van der Waals surface area contributed by atoms with Crippen molar-refractivity contribution < 1.29 is 9.21 Å². The Hall–Kier alpha value is -3.45. The van der Waals surface area contributed by atoms with E-state index in [1.54, 1.807) is 24.8 Å². The zero-order valence-corrected chi connectivity index (χ0v) is 16.4. The van der Waals surface area contributed by atoms with Gasteiger partial charge in [-0.15, -0.1) is 0 Å². The molecule has 1 fully saturated rings. The highest BCUT2D eigenvalue weighted by Gasteiger charge is 2.22. The Morgan fingerprint density at radius 3 is 2.80 bits per heavy atom. The Morgan fingerprint density at radius 1 is 1.10 bits per heavy atom. The number of hydrogen-bond acceptors (Lipinski definition) is 7. The van der Waals surface area contributed by atoms with E-state index >= 15 is 0 Å². The van der Waals surface area contributed by atoms with Gasteiger partial charge in [0.15, 0.2) is 11.7 Å². The molecule has 0 aromatic carbocycles. The minimum atomic E-state index is -0.0904. The van der Waals surface area contributed by atoms with Gasteiger partial charge in [0.25, 0.3) is 0 Å². The predicted molar refractivity (Wildman–Crippen MR) is 112 cm³/mol. The van der Waals surface area contributed by atoms with Crippen molar-refractivity contribution in [3.8, 4) is 11.3 Å². The van der Waals surface area contributed by atoms with E-state index in [9.17, 15) is 4.79 Å². The summed E-state index contributed by atoms with van der Waals surface area (Å²) in [6.07, 6.45) is 10.7. The van der Waals surface area contributed by atoms with E-state index in [1.165, 1.54) is 6.26 Å². The monoisotopic (exact) mass is 399 g/mol. The van der Waals surface area contributed by atoms with Gasteiger partial charge in [-0.3, -0.25) is 19.7 Å². The van der Waals surface area contributed by atoms with Crippen LogP contribution < -0.4 is 5.32 Å². The molecular formula is C23H21N5O2. The second-order valence-electron chi connectivity index (χ2n) is 7.53. The van der Waals surface area contributed by atoms with Gasteiger partial charge >= 0.3 is 0 Å². The average molecular weight is 399 g/mol. The number of nitrogens with one attached hydrogen (secondary N) is 1. The molecule has 0 unspecified atom stereocenters. The predicted octanol–water partition coefficient (Wildman–Crippen LogP) is 3.57. The fourth-order valence-corrected chi connectivity index (χ4v) is 3.78. The number of fused-ring (bicyclic) bond motifs is 1. The third-order valence-electron chi connectivity index (χ3n) is 5.45. The topological polar surface area (TPSA) is 93.8 Å². The maximum absolute atomic E-state index is 12.7. The van der Waals surface area contributed by atoms with Gasteiger partial charge in [0.05, 0.1) is 12.1 Å². The van der Waals surface area contributed by atoms with E-state index in [4.69, 9.17) is 4.42 Å². The average Bonchev–Trinajstić information content (AvgIpc) is 3.30. The molecule has 0 bridgehead atoms. The van der Waals surface area contributed by atoms with Crippen molar-refractivity contribution >= 4 is 16.6 Å². The molecule has 1 aliphatic heterocycles. The van der Waals surface area contributed by atoms with E-state index in [0.717, 1.165) is 48.0 Å². The van der Waals surface area contributed by atoms with Crippen LogP contribution in [0.5, 0.6) is 0 Å². The number of rotatable bonds is 5. The first-order valence-electron chi connectivity index (χ1n) is 10.1. The molecule has 5 heterocycles. The Morgan fingerprint density at radius 2 is 1.97 bits per heavy atom. The summed E-state index contributed by atoms with van der Waals surface area (Å²) in [6, 6.07) is 7.78. The molecule has 0 spiro atoms. The zero-order valence-electron chi connectivity index (χ0n) is 16.4. The van der Waals surface area contributed by atoms with E-state index in [2.05, 4.69) is 25.3 Å². The van der Waals surface area contributed by atoms with Crippen molar-refractivity contribution in [3.05, 3.63) is 72.6 Å². The summed E-state index contributed by atoms with van der Waals surface area (Å²) in [5.74, 6) is 0.857. The van der Waals surface area contributed by atoms with E-state index < -0.39 is 0 Å². The highest BCUT2D eigenvalue weighted by Crippen LogP contribution is 2.25. The third-order valence-corrected chi connectivity index (χ3v) is 5.45. The lowest BCUT2D eigenvalue weighted by Gasteiger charge is -2.19. The fraction of sp³-hybridized carbons (Fsp3) is 0.261. The standard InChI is InChI=1S/C23H21N5O2/c29-22(21-14-30-23(28-21)15-3-6-24-7-4-15)10-19-8-17-9-20(16-2-1-5-25-11-16)27-13-18(17)12-26-19/h1-2,5,8-9,11-15,24H,3-4,6-7,10H2. The van der Waals surface area contributed by atoms with Gasteiger partial charge in [0, 0.05) is 47.3 Å². The van der Waals surface area contributed by atoms with Crippen LogP contribution in [0.1, 0.15) is 40.8 Å². The quantitative estimate of drug-likeness (QED) is 0.513. The van der Waals surface area contributed by atoms with Crippen molar-refractivity contribution in [3.63, 3.8) is 0 Å². The highest BCUT2D eigenvalue weighted by atomic mass is 16.3. The van der Waals surface area contributed by atoms with Gasteiger partial charge < -0.3 is 9.73 Å². The summed E-state index contributed by atoms with van der Waals surface area (Å²) in [6.45, 7) is 1.90.